The van der Waals surface area contributed by atoms with E-state index >= 15 is 0 Å². The Morgan fingerprint density at radius 3 is 2.59 bits per heavy atom. The predicted molar refractivity (Wildman–Crippen MR) is 73.6 cm³/mol. The number of benzene rings is 2. The first-order valence-electron chi connectivity index (χ1n) is 5.61. The van der Waals surface area contributed by atoms with Gasteiger partial charge in [-0.3, -0.25) is 0 Å². The summed E-state index contributed by atoms with van der Waals surface area (Å²) in [4.78, 5) is 0. The monoisotopic (exact) mass is 262 g/mol. The minimum Gasteiger partial charge on any atom is -0.207 e. The fourth-order valence-electron chi connectivity index (χ4n) is 2.72. The fourth-order valence-corrected chi connectivity index (χ4v) is 6.15. The Hall–Kier alpha value is -1.12. The second kappa shape index (κ2) is 3.44. The van der Waals surface area contributed by atoms with Crippen molar-refractivity contribution in [1.82, 2.24) is 0 Å². The average molecular weight is 263 g/mol. The third kappa shape index (κ3) is 1.41. The van der Waals surface area contributed by atoms with Crippen LogP contribution in [0.1, 0.15) is 0 Å². The van der Waals surface area contributed by atoms with Gasteiger partial charge in [0.15, 0.2) is 0 Å². The molecule has 0 saturated heterocycles. The van der Waals surface area contributed by atoms with Crippen LogP contribution in [0, 0.1) is 5.82 Å². The van der Waals surface area contributed by atoms with Crippen LogP contribution in [0.5, 0.6) is 0 Å². The molecule has 0 aromatic heterocycles. The van der Waals surface area contributed by atoms with E-state index in [0.29, 0.717) is 0 Å². The van der Waals surface area contributed by atoms with E-state index in [2.05, 4.69) is 19.2 Å². The molecule has 0 aliphatic carbocycles. The maximum absolute atomic E-state index is 13.4. The summed E-state index contributed by atoms with van der Waals surface area (Å²) >= 11 is 6.29. The molecule has 2 aromatic rings. The Labute approximate surface area is 106 Å². The van der Waals surface area contributed by atoms with Crippen LogP contribution < -0.4 is 10.4 Å². The van der Waals surface area contributed by atoms with Crippen LogP contribution in [0.15, 0.2) is 36.4 Å². The van der Waals surface area contributed by atoms with Crippen LogP contribution in [0.2, 0.25) is 18.1 Å². The Morgan fingerprint density at radius 2 is 1.82 bits per heavy atom. The molecule has 86 valence electrons. The molecule has 0 saturated carbocycles. The van der Waals surface area contributed by atoms with Crippen molar-refractivity contribution in [3.8, 4) is 11.1 Å². The second-order valence-electron chi connectivity index (χ2n) is 4.98. The standard InChI is InChI=1S/C14H12ClFSi/c1-17(2)12-5-3-4-11(15)14(12)10-7-6-9(16)8-13(10)17/h3-8H,1-2H3. The van der Waals surface area contributed by atoms with Crippen molar-refractivity contribution in [2.75, 3.05) is 0 Å². The first kappa shape index (κ1) is 11.0. The van der Waals surface area contributed by atoms with Crippen molar-refractivity contribution in [2.24, 2.45) is 0 Å². The molecule has 0 bridgehead atoms. The maximum Gasteiger partial charge on any atom is 0.123 e. The molecular formula is C14H12ClFSi. The lowest BCUT2D eigenvalue weighted by molar-refractivity contribution is 0.629. The zero-order valence-corrected chi connectivity index (χ0v) is 11.5. The average Bonchev–Trinajstić information content (AvgIpc) is 2.50. The quantitative estimate of drug-likeness (QED) is 0.639. The van der Waals surface area contributed by atoms with Gasteiger partial charge in [0.05, 0.1) is 0 Å². The highest BCUT2D eigenvalue weighted by Gasteiger charge is 2.38. The molecule has 0 unspecified atom stereocenters. The lowest BCUT2D eigenvalue weighted by Crippen LogP contribution is -2.49. The minimum absolute atomic E-state index is 0.159. The highest BCUT2D eigenvalue weighted by Crippen LogP contribution is 2.33. The summed E-state index contributed by atoms with van der Waals surface area (Å²) in [5.74, 6) is -0.159. The number of hydrogen-bond donors (Lipinski definition) is 0. The molecule has 1 aliphatic heterocycles. The summed E-state index contributed by atoms with van der Waals surface area (Å²) in [7, 11) is -1.77. The van der Waals surface area contributed by atoms with E-state index in [1.165, 1.54) is 11.3 Å². The summed E-state index contributed by atoms with van der Waals surface area (Å²) in [6.45, 7) is 4.49. The summed E-state index contributed by atoms with van der Waals surface area (Å²) < 4.78 is 13.4. The zero-order valence-electron chi connectivity index (χ0n) is 9.72. The molecule has 0 spiro atoms. The molecule has 1 aliphatic rings. The molecular weight excluding hydrogens is 251 g/mol. The predicted octanol–water partition coefficient (Wildman–Crippen LogP) is 3.28. The lowest BCUT2D eigenvalue weighted by atomic mass is 10.1. The Morgan fingerprint density at radius 1 is 1.06 bits per heavy atom. The first-order valence-corrected chi connectivity index (χ1v) is 8.99. The molecule has 0 nitrogen and oxygen atoms in total. The first-order chi connectivity index (χ1) is 8.01. The highest BCUT2D eigenvalue weighted by atomic mass is 35.5. The van der Waals surface area contributed by atoms with Gasteiger partial charge >= 0.3 is 0 Å². The van der Waals surface area contributed by atoms with Crippen molar-refractivity contribution in [3.63, 3.8) is 0 Å². The molecule has 1 heterocycles. The molecule has 0 fully saturated rings. The molecule has 0 amide bonds. The van der Waals surface area contributed by atoms with E-state index in [0.717, 1.165) is 21.3 Å². The third-order valence-electron chi connectivity index (χ3n) is 3.61. The lowest BCUT2D eigenvalue weighted by Gasteiger charge is -2.18. The van der Waals surface area contributed by atoms with Crippen LogP contribution in [-0.2, 0) is 0 Å². The summed E-state index contributed by atoms with van der Waals surface area (Å²) in [5, 5.41) is 3.24. The van der Waals surface area contributed by atoms with Gasteiger partial charge < -0.3 is 0 Å². The van der Waals surface area contributed by atoms with E-state index in [9.17, 15) is 4.39 Å². The maximum atomic E-state index is 13.4. The van der Waals surface area contributed by atoms with Crippen LogP contribution in [0.4, 0.5) is 4.39 Å². The van der Waals surface area contributed by atoms with Gasteiger partial charge in [0.25, 0.3) is 0 Å². The van der Waals surface area contributed by atoms with E-state index in [1.54, 1.807) is 6.07 Å². The van der Waals surface area contributed by atoms with Gasteiger partial charge in [0, 0.05) is 5.02 Å². The number of halogens is 2. The van der Waals surface area contributed by atoms with Gasteiger partial charge in [0.2, 0.25) is 0 Å². The molecule has 0 radical (unpaired) electrons. The SMILES string of the molecule is C[Si]1(C)c2cc(F)ccc2-c2c(Cl)cccc21. The normalized spacial score (nSPS) is 15.5. The van der Waals surface area contributed by atoms with Gasteiger partial charge in [0.1, 0.15) is 13.9 Å². The Kier molecular flexibility index (Phi) is 2.22. The minimum atomic E-state index is -1.77. The van der Waals surface area contributed by atoms with Crippen LogP contribution >= 0.6 is 11.6 Å². The smallest absolute Gasteiger partial charge is 0.123 e. The van der Waals surface area contributed by atoms with Gasteiger partial charge in [-0.1, -0.05) is 42.9 Å². The third-order valence-corrected chi connectivity index (χ3v) is 7.45. The zero-order chi connectivity index (χ0) is 12.2. The molecule has 3 rings (SSSR count). The van der Waals surface area contributed by atoms with Crippen LogP contribution in [0.3, 0.4) is 0 Å². The largest absolute Gasteiger partial charge is 0.207 e. The van der Waals surface area contributed by atoms with Gasteiger partial charge in [-0.05, 0) is 39.7 Å². The van der Waals surface area contributed by atoms with Crippen molar-refractivity contribution in [2.45, 2.75) is 13.1 Å². The number of rotatable bonds is 0. The molecule has 17 heavy (non-hydrogen) atoms. The van der Waals surface area contributed by atoms with Gasteiger partial charge in [-0.15, -0.1) is 0 Å². The Balaban J connectivity index is 2.43. The fraction of sp³-hybridized carbons (Fsp3) is 0.143. The number of fused-ring (bicyclic) bond motifs is 3. The van der Waals surface area contributed by atoms with Gasteiger partial charge in [-0.2, -0.15) is 0 Å². The van der Waals surface area contributed by atoms with E-state index in [-0.39, 0.29) is 5.82 Å². The van der Waals surface area contributed by atoms with E-state index in [1.807, 2.05) is 18.2 Å². The summed E-state index contributed by atoms with van der Waals surface area (Å²) in [6.07, 6.45) is 0. The van der Waals surface area contributed by atoms with Crippen molar-refractivity contribution in [3.05, 3.63) is 47.2 Å². The second-order valence-corrected chi connectivity index (χ2v) is 9.71. The van der Waals surface area contributed by atoms with E-state index < -0.39 is 8.07 Å². The van der Waals surface area contributed by atoms with Crippen LogP contribution in [0.25, 0.3) is 11.1 Å². The molecule has 0 N–H and O–H groups in total. The molecule has 3 heteroatoms. The molecule has 2 aromatic carbocycles. The highest BCUT2D eigenvalue weighted by molar-refractivity contribution is 7.04. The molecule has 0 atom stereocenters. The Bertz CT molecular complexity index is 620. The summed E-state index contributed by atoms with van der Waals surface area (Å²) in [5.41, 5.74) is 2.23. The van der Waals surface area contributed by atoms with Crippen molar-refractivity contribution in [1.29, 1.82) is 0 Å². The number of hydrogen-bond acceptors (Lipinski definition) is 0. The van der Waals surface area contributed by atoms with Crippen molar-refractivity contribution >= 4 is 30.0 Å². The summed E-state index contributed by atoms with van der Waals surface area (Å²) in [6, 6.07) is 11.1. The van der Waals surface area contributed by atoms with Crippen molar-refractivity contribution < 1.29 is 4.39 Å². The van der Waals surface area contributed by atoms with Crippen LogP contribution in [-0.4, -0.2) is 8.07 Å². The van der Waals surface area contributed by atoms with E-state index in [4.69, 9.17) is 11.6 Å². The topological polar surface area (TPSA) is 0 Å². The van der Waals surface area contributed by atoms with Gasteiger partial charge in [-0.25, -0.2) is 4.39 Å².